The molecule has 0 saturated heterocycles. The van der Waals surface area contributed by atoms with Gasteiger partial charge in [0.25, 0.3) is 5.91 Å². The molecule has 0 bridgehead atoms. The topological polar surface area (TPSA) is 58.4 Å². The minimum absolute atomic E-state index is 0.119. The largest absolute Gasteiger partial charge is 0.354 e. The number of nitrogens with zero attached hydrogens (tertiary/aromatic N) is 1. The summed E-state index contributed by atoms with van der Waals surface area (Å²) in [5.41, 5.74) is 4.38. The molecule has 2 atom stereocenters. The molecular formula is C15H22ClN3O. The molecule has 0 unspecified atom stereocenters. The van der Waals surface area contributed by atoms with E-state index in [9.17, 15) is 4.79 Å². The Morgan fingerprint density at radius 2 is 2.20 bits per heavy atom. The quantitative estimate of drug-likeness (QED) is 0.501. The number of benzene rings is 1. The van der Waals surface area contributed by atoms with Gasteiger partial charge in [-0.15, -0.1) is 0 Å². The predicted octanol–water partition coefficient (Wildman–Crippen LogP) is 2.81. The number of nitrogens with two attached hydrogens (primary N) is 1. The van der Waals surface area contributed by atoms with Gasteiger partial charge in [-0.1, -0.05) is 18.5 Å². The Balaban J connectivity index is 2.54. The molecule has 1 aliphatic heterocycles. The van der Waals surface area contributed by atoms with Crippen molar-refractivity contribution in [1.82, 2.24) is 5.43 Å². The van der Waals surface area contributed by atoms with Gasteiger partial charge in [0.1, 0.15) is 6.04 Å². The van der Waals surface area contributed by atoms with Crippen molar-refractivity contribution in [2.45, 2.75) is 51.6 Å². The lowest BCUT2D eigenvalue weighted by Crippen LogP contribution is -2.58. The second kappa shape index (κ2) is 5.26. The summed E-state index contributed by atoms with van der Waals surface area (Å²) >= 11 is 6.11. The van der Waals surface area contributed by atoms with Crippen molar-refractivity contribution >= 4 is 23.2 Å². The van der Waals surface area contributed by atoms with Gasteiger partial charge in [0.2, 0.25) is 0 Å². The summed E-state index contributed by atoms with van der Waals surface area (Å²) in [4.78, 5) is 14.1. The van der Waals surface area contributed by atoms with Crippen LogP contribution in [0.5, 0.6) is 0 Å². The van der Waals surface area contributed by atoms with Crippen molar-refractivity contribution in [3.05, 3.63) is 28.8 Å². The maximum Gasteiger partial charge on any atom is 0.256 e. The van der Waals surface area contributed by atoms with Crippen LogP contribution in [-0.2, 0) is 4.79 Å². The van der Waals surface area contributed by atoms with Crippen LogP contribution in [0.25, 0.3) is 0 Å². The molecule has 1 aromatic carbocycles. The van der Waals surface area contributed by atoms with E-state index in [1.165, 1.54) is 5.56 Å². The molecule has 1 amide bonds. The number of rotatable bonds is 2. The van der Waals surface area contributed by atoms with E-state index in [0.717, 1.165) is 17.1 Å². The molecule has 0 aromatic heterocycles. The smallest absolute Gasteiger partial charge is 0.256 e. The van der Waals surface area contributed by atoms with Gasteiger partial charge in [-0.05, 0) is 56.9 Å². The number of hydrazine groups is 1. The van der Waals surface area contributed by atoms with Gasteiger partial charge in [-0.2, -0.15) is 0 Å². The van der Waals surface area contributed by atoms with Crippen LogP contribution < -0.4 is 16.2 Å². The normalized spacial score (nSPS) is 22.1. The third kappa shape index (κ3) is 2.50. The second-order valence-electron chi connectivity index (χ2n) is 6.18. The number of hydrogen-bond donors (Lipinski definition) is 2. The zero-order valence-electron chi connectivity index (χ0n) is 12.4. The number of halogens is 1. The van der Waals surface area contributed by atoms with Crippen LogP contribution >= 0.6 is 11.6 Å². The molecule has 1 aliphatic rings. The summed E-state index contributed by atoms with van der Waals surface area (Å²) in [5, 5.41) is 0.728. The molecule has 0 aliphatic carbocycles. The fourth-order valence-electron chi connectivity index (χ4n) is 3.39. The standard InChI is InChI=1S/C15H22ClN3O/c1-9-8-15(3,4)19(10(2)14(20)18-17)13-6-5-11(16)7-12(9)13/h5-7,9-10H,8,17H2,1-4H3,(H,18,20)/t9-,10-/m0/s1. The molecule has 4 nitrogen and oxygen atoms in total. The van der Waals surface area contributed by atoms with Crippen molar-refractivity contribution in [2.75, 3.05) is 4.90 Å². The molecule has 5 heteroatoms. The van der Waals surface area contributed by atoms with Crippen LogP contribution in [0.1, 0.15) is 45.6 Å². The predicted molar refractivity (Wildman–Crippen MR) is 82.8 cm³/mol. The molecule has 110 valence electrons. The second-order valence-corrected chi connectivity index (χ2v) is 6.61. The van der Waals surface area contributed by atoms with Gasteiger partial charge >= 0.3 is 0 Å². The van der Waals surface area contributed by atoms with Crippen LogP contribution in [0.2, 0.25) is 5.02 Å². The monoisotopic (exact) mass is 295 g/mol. The number of carbonyl (C=O) groups excluding carboxylic acids is 1. The van der Waals surface area contributed by atoms with Crippen LogP contribution in [0.4, 0.5) is 5.69 Å². The van der Waals surface area contributed by atoms with Gasteiger partial charge in [0.05, 0.1) is 0 Å². The summed E-state index contributed by atoms with van der Waals surface area (Å²) in [7, 11) is 0. The Morgan fingerprint density at radius 3 is 2.80 bits per heavy atom. The third-order valence-corrected chi connectivity index (χ3v) is 4.38. The fourth-order valence-corrected chi connectivity index (χ4v) is 3.57. The van der Waals surface area contributed by atoms with E-state index in [4.69, 9.17) is 17.4 Å². The molecule has 0 saturated carbocycles. The Kier molecular flexibility index (Phi) is 3.98. The van der Waals surface area contributed by atoms with Crippen molar-refractivity contribution < 1.29 is 4.79 Å². The summed E-state index contributed by atoms with van der Waals surface area (Å²) in [6, 6.07) is 5.53. The zero-order chi connectivity index (χ0) is 15.1. The number of carbonyl (C=O) groups is 1. The van der Waals surface area contributed by atoms with E-state index in [-0.39, 0.29) is 17.5 Å². The Labute approximate surface area is 125 Å². The van der Waals surface area contributed by atoms with E-state index in [1.54, 1.807) is 0 Å². The van der Waals surface area contributed by atoms with Crippen LogP contribution in [-0.4, -0.2) is 17.5 Å². The average Bonchev–Trinajstić information content (AvgIpc) is 2.37. The lowest BCUT2D eigenvalue weighted by Gasteiger charge is -2.49. The third-order valence-electron chi connectivity index (χ3n) is 4.15. The summed E-state index contributed by atoms with van der Waals surface area (Å²) in [6.45, 7) is 8.38. The molecule has 0 radical (unpaired) electrons. The van der Waals surface area contributed by atoms with Gasteiger partial charge in [0, 0.05) is 16.2 Å². The highest BCUT2D eigenvalue weighted by atomic mass is 35.5. The van der Waals surface area contributed by atoms with Crippen LogP contribution in [0, 0.1) is 0 Å². The summed E-state index contributed by atoms with van der Waals surface area (Å²) < 4.78 is 0. The van der Waals surface area contributed by atoms with E-state index >= 15 is 0 Å². The van der Waals surface area contributed by atoms with Gasteiger partial charge < -0.3 is 4.90 Å². The maximum absolute atomic E-state index is 12.0. The molecule has 20 heavy (non-hydrogen) atoms. The van der Waals surface area contributed by atoms with Gasteiger partial charge in [-0.3, -0.25) is 10.2 Å². The molecular weight excluding hydrogens is 274 g/mol. The first-order chi connectivity index (χ1) is 9.27. The van der Waals surface area contributed by atoms with Crippen LogP contribution in [0.15, 0.2) is 18.2 Å². The lowest BCUT2D eigenvalue weighted by molar-refractivity contribution is -0.122. The van der Waals surface area contributed by atoms with E-state index in [2.05, 4.69) is 31.1 Å². The van der Waals surface area contributed by atoms with Crippen LogP contribution in [0.3, 0.4) is 0 Å². The van der Waals surface area contributed by atoms with Crippen molar-refractivity contribution in [3.63, 3.8) is 0 Å². The molecule has 3 N–H and O–H groups in total. The van der Waals surface area contributed by atoms with E-state index < -0.39 is 0 Å². The first-order valence-electron chi connectivity index (χ1n) is 6.87. The maximum atomic E-state index is 12.0. The van der Waals surface area contributed by atoms with Crippen molar-refractivity contribution in [2.24, 2.45) is 5.84 Å². The van der Waals surface area contributed by atoms with E-state index in [0.29, 0.717) is 5.92 Å². The number of amides is 1. The molecule has 1 aromatic rings. The minimum Gasteiger partial charge on any atom is -0.354 e. The Bertz CT molecular complexity index is 530. The number of fused-ring (bicyclic) bond motifs is 1. The van der Waals surface area contributed by atoms with Gasteiger partial charge in [0.15, 0.2) is 0 Å². The fraction of sp³-hybridized carbons (Fsp3) is 0.533. The Hall–Kier alpha value is -1.26. The molecule has 2 rings (SSSR count). The summed E-state index contributed by atoms with van der Waals surface area (Å²) in [6.07, 6.45) is 0.961. The Morgan fingerprint density at radius 1 is 1.55 bits per heavy atom. The molecule has 0 fully saturated rings. The minimum atomic E-state index is -0.331. The SMILES string of the molecule is C[C@H]1CC(C)(C)N([C@@H](C)C(=O)NN)c2ccc(Cl)cc21. The summed E-state index contributed by atoms with van der Waals surface area (Å²) in [5.74, 6) is 5.51. The highest BCUT2D eigenvalue weighted by Crippen LogP contribution is 2.45. The number of anilines is 1. The van der Waals surface area contributed by atoms with E-state index in [1.807, 2.05) is 25.1 Å². The zero-order valence-corrected chi connectivity index (χ0v) is 13.2. The number of hydrogen-bond acceptors (Lipinski definition) is 3. The van der Waals surface area contributed by atoms with Gasteiger partial charge in [-0.25, -0.2) is 5.84 Å². The highest BCUT2D eigenvalue weighted by Gasteiger charge is 2.40. The first-order valence-corrected chi connectivity index (χ1v) is 7.25. The lowest BCUT2D eigenvalue weighted by atomic mass is 9.79. The number of nitrogens with one attached hydrogen (secondary N) is 1. The highest BCUT2D eigenvalue weighted by molar-refractivity contribution is 6.30. The van der Waals surface area contributed by atoms with Crippen molar-refractivity contribution in [1.29, 1.82) is 0 Å². The first kappa shape index (κ1) is 15.1. The van der Waals surface area contributed by atoms with Crippen molar-refractivity contribution in [3.8, 4) is 0 Å². The molecule has 0 spiro atoms. The average molecular weight is 296 g/mol. The molecule has 1 heterocycles.